The van der Waals surface area contributed by atoms with Crippen LogP contribution in [0.4, 0.5) is 0 Å². The van der Waals surface area contributed by atoms with Crippen molar-refractivity contribution in [3.05, 3.63) is 0 Å². The molecule has 0 aromatic carbocycles. The van der Waals surface area contributed by atoms with E-state index >= 15 is 0 Å². The summed E-state index contributed by atoms with van der Waals surface area (Å²) < 4.78 is 0. The van der Waals surface area contributed by atoms with Crippen LogP contribution in [0.3, 0.4) is 0 Å². The first kappa shape index (κ1) is 10.1. The van der Waals surface area contributed by atoms with Gasteiger partial charge in [0.2, 0.25) is 0 Å². The predicted molar refractivity (Wildman–Crippen MR) is 60.3 cm³/mol. The minimum atomic E-state index is -0.115. The maximum Gasteiger partial charge on any atom is 0.0608 e. The lowest BCUT2D eigenvalue weighted by molar-refractivity contribution is -0.121. The number of nitrogens with two attached hydrogens (primary N) is 1. The number of hydrogen-bond acceptors (Lipinski definition) is 2. The molecule has 0 amide bonds. The third-order valence-electron chi connectivity index (χ3n) is 5.23. The Kier molecular flexibility index (Phi) is 2.33. The highest BCUT2D eigenvalue weighted by atomic mass is 16.3. The molecule has 4 rings (SSSR count). The molecular weight excluding hydrogens is 186 g/mol. The molecule has 2 heteroatoms. The molecule has 4 fully saturated rings. The third kappa shape index (κ3) is 1.53. The van der Waals surface area contributed by atoms with Crippen LogP contribution in [0.1, 0.15) is 44.9 Å². The molecule has 0 heterocycles. The summed E-state index contributed by atoms with van der Waals surface area (Å²) in [6.45, 7) is 0.642. The summed E-state index contributed by atoms with van der Waals surface area (Å²) in [4.78, 5) is 0. The molecule has 15 heavy (non-hydrogen) atoms. The van der Waals surface area contributed by atoms with Crippen LogP contribution in [-0.4, -0.2) is 17.8 Å². The molecule has 0 aliphatic heterocycles. The quantitative estimate of drug-likeness (QED) is 0.746. The SMILES string of the molecule is NCCC(O)C12CC3CC(CC(C3)C1)C2. The summed E-state index contributed by atoms with van der Waals surface area (Å²) in [5.41, 5.74) is 5.87. The van der Waals surface area contributed by atoms with E-state index in [0.717, 1.165) is 24.2 Å². The van der Waals surface area contributed by atoms with Gasteiger partial charge in [0.25, 0.3) is 0 Å². The summed E-state index contributed by atoms with van der Waals surface area (Å²) in [6, 6.07) is 0. The van der Waals surface area contributed by atoms with Crippen molar-refractivity contribution < 1.29 is 5.11 Å². The Bertz CT molecular complexity index is 216. The Morgan fingerprint density at radius 1 is 1.07 bits per heavy atom. The van der Waals surface area contributed by atoms with Crippen LogP contribution in [0.15, 0.2) is 0 Å². The second kappa shape index (κ2) is 3.46. The normalized spacial score (nSPS) is 49.6. The zero-order valence-electron chi connectivity index (χ0n) is 9.49. The van der Waals surface area contributed by atoms with E-state index in [1.807, 2.05) is 0 Å². The Labute approximate surface area is 92.2 Å². The fourth-order valence-electron chi connectivity index (χ4n) is 5.05. The molecule has 0 aromatic heterocycles. The molecule has 4 saturated carbocycles. The van der Waals surface area contributed by atoms with E-state index in [4.69, 9.17) is 5.73 Å². The van der Waals surface area contributed by atoms with Gasteiger partial charge < -0.3 is 10.8 Å². The number of hydrogen-bond donors (Lipinski definition) is 2. The van der Waals surface area contributed by atoms with Gasteiger partial charge in [-0.15, -0.1) is 0 Å². The van der Waals surface area contributed by atoms with E-state index in [1.54, 1.807) is 0 Å². The van der Waals surface area contributed by atoms with E-state index in [0.29, 0.717) is 6.54 Å². The first-order chi connectivity index (χ1) is 7.22. The van der Waals surface area contributed by atoms with Gasteiger partial charge >= 0.3 is 0 Å². The second-order valence-electron chi connectivity index (χ2n) is 6.37. The van der Waals surface area contributed by atoms with Crippen molar-refractivity contribution in [1.29, 1.82) is 0 Å². The van der Waals surface area contributed by atoms with Crippen LogP contribution in [-0.2, 0) is 0 Å². The molecule has 0 aromatic rings. The summed E-state index contributed by atoms with van der Waals surface area (Å²) in [5.74, 6) is 2.80. The molecule has 1 unspecified atom stereocenters. The van der Waals surface area contributed by atoms with E-state index in [-0.39, 0.29) is 11.5 Å². The Hall–Kier alpha value is -0.0800. The minimum Gasteiger partial charge on any atom is -0.393 e. The van der Waals surface area contributed by atoms with Crippen LogP contribution in [0.2, 0.25) is 0 Å². The van der Waals surface area contributed by atoms with Crippen LogP contribution < -0.4 is 5.73 Å². The highest BCUT2D eigenvalue weighted by Crippen LogP contribution is 2.61. The van der Waals surface area contributed by atoms with Gasteiger partial charge in [0, 0.05) is 0 Å². The minimum absolute atomic E-state index is 0.115. The molecule has 3 N–H and O–H groups in total. The maximum atomic E-state index is 10.3. The van der Waals surface area contributed by atoms with E-state index in [1.165, 1.54) is 38.5 Å². The molecule has 86 valence electrons. The zero-order valence-corrected chi connectivity index (χ0v) is 9.49. The largest absolute Gasteiger partial charge is 0.393 e. The van der Waals surface area contributed by atoms with Gasteiger partial charge in [0.1, 0.15) is 0 Å². The van der Waals surface area contributed by atoms with E-state index < -0.39 is 0 Å². The average Bonchev–Trinajstić information content (AvgIpc) is 2.15. The van der Waals surface area contributed by atoms with Crippen molar-refractivity contribution in [1.82, 2.24) is 0 Å². The molecule has 0 radical (unpaired) electrons. The molecule has 4 bridgehead atoms. The lowest BCUT2D eigenvalue weighted by Gasteiger charge is -2.58. The summed E-state index contributed by atoms with van der Waals surface area (Å²) in [7, 11) is 0. The van der Waals surface area contributed by atoms with Crippen LogP contribution in [0.25, 0.3) is 0 Å². The number of aliphatic hydroxyl groups excluding tert-OH is 1. The van der Waals surface area contributed by atoms with Crippen molar-refractivity contribution in [2.75, 3.05) is 6.54 Å². The van der Waals surface area contributed by atoms with Crippen LogP contribution in [0, 0.1) is 23.2 Å². The van der Waals surface area contributed by atoms with Crippen molar-refractivity contribution in [3.8, 4) is 0 Å². The molecule has 0 saturated heterocycles. The molecule has 0 spiro atoms. The Morgan fingerprint density at radius 2 is 1.53 bits per heavy atom. The van der Waals surface area contributed by atoms with Crippen molar-refractivity contribution in [2.45, 2.75) is 51.0 Å². The second-order valence-corrected chi connectivity index (χ2v) is 6.37. The van der Waals surface area contributed by atoms with E-state index in [9.17, 15) is 5.11 Å². The topological polar surface area (TPSA) is 46.2 Å². The summed E-state index contributed by atoms with van der Waals surface area (Å²) in [5, 5.41) is 10.3. The van der Waals surface area contributed by atoms with Crippen molar-refractivity contribution in [3.63, 3.8) is 0 Å². The van der Waals surface area contributed by atoms with Crippen LogP contribution >= 0.6 is 0 Å². The van der Waals surface area contributed by atoms with Gasteiger partial charge in [-0.2, -0.15) is 0 Å². The van der Waals surface area contributed by atoms with Gasteiger partial charge in [0.05, 0.1) is 6.10 Å². The first-order valence-corrected chi connectivity index (χ1v) is 6.60. The van der Waals surface area contributed by atoms with E-state index in [2.05, 4.69) is 0 Å². The third-order valence-corrected chi connectivity index (χ3v) is 5.23. The van der Waals surface area contributed by atoms with Gasteiger partial charge in [-0.1, -0.05) is 0 Å². The number of rotatable bonds is 3. The van der Waals surface area contributed by atoms with Crippen molar-refractivity contribution >= 4 is 0 Å². The lowest BCUT2D eigenvalue weighted by Crippen LogP contribution is -2.52. The molecule has 4 aliphatic rings. The predicted octanol–water partition coefficient (Wildman–Crippen LogP) is 1.91. The molecule has 4 aliphatic carbocycles. The number of aliphatic hydroxyl groups is 1. The molecular formula is C13H23NO. The fraction of sp³-hybridized carbons (Fsp3) is 1.00. The van der Waals surface area contributed by atoms with Crippen molar-refractivity contribution in [2.24, 2.45) is 28.9 Å². The lowest BCUT2D eigenvalue weighted by atomic mass is 9.48. The summed E-state index contributed by atoms with van der Waals surface area (Å²) >= 11 is 0. The molecule has 1 atom stereocenters. The van der Waals surface area contributed by atoms with Gasteiger partial charge in [-0.25, -0.2) is 0 Å². The Morgan fingerprint density at radius 3 is 1.93 bits per heavy atom. The summed E-state index contributed by atoms with van der Waals surface area (Å²) in [6.07, 6.45) is 8.93. The maximum absolute atomic E-state index is 10.3. The monoisotopic (exact) mass is 209 g/mol. The Balaban J connectivity index is 1.80. The van der Waals surface area contributed by atoms with Crippen LogP contribution in [0.5, 0.6) is 0 Å². The van der Waals surface area contributed by atoms with Gasteiger partial charge in [-0.05, 0) is 74.7 Å². The standard InChI is InChI=1S/C13H23NO/c14-2-1-12(15)13-6-9-3-10(7-13)5-11(4-9)8-13/h9-12,15H,1-8,14H2. The fourth-order valence-corrected chi connectivity index (χ4v) is 5.05. The van der Waals surface area contributed by atoms with Gasteiger partial charge in [-0.3, -0.25) is 0 Å². The highest BCUT2D eigenvalue weighted by Gasteiger charge is 2.53. The first-order valence-electron chi connectivity index (χ1n) is 6.60. The average molecular weight is 209 g/mol. The highest BCUT2D eigenvalue weighted by molar-refractivity contribution is 5.04. The van der Waals surface area contributed by atoms with Gasteiger partial charge in [0.15, 0.2) is 0 Å². The smallest absolute Gasteiger partial charge is 0.0608 e. The zero-order chi connectivity index (χ0) is 10.5. The molecule has 2 nitrogen and oxygen atoms in total.